The molecule has 282 valence electrons. The van der Waals surface area contributed by atoms with Crippen LogP contribution in [0.3, 0.4) is 0 Å². The average molecular weight is 723 g/mol. The molecule has 6 aromatic carbocycles. The molecule has 0 spiro atoms. The maximum atomic E-state index is 2.55. The normalized spacial score (nSPS) is 12.9. The average Bonchev–Trinajstić information content (AvgIpc) is 3.44. The Balaban J connectivity index is 1.49. The highest BCUT2D eigenvalue weighted by Gasteiger charge is 2.46. The lowest BCUT2D eigenvalue weighted by Crippen LogP contribution is -2.29. The molecule has 55 heavy (non-hydrogen) atoms. The lowest BCUT2D eigenvalue weighted by atomic mass is 9.66. The van der Waals surface area contributed by atoms with Crippen LogP contribution in [0.2, 0.25) is 0 Å². The van der Waals surface area contributed by atoms with Gasteiger partial charge in [-0.15, -0.1) is 0 Å². The van der Waals surface area contributed by atoms with E-state index in [1.54, 1.807) is 0 Å². The van der Waals surface area contributed by atoms with Crippen molar-refractivity contribution in [3.63, 3.8) is 0 Å². The fraction of sp³-hybridized carbons (Fsp3) is 0.345. The van der Waals surface area contributed by atoms with Crippen molar-refractivity contribution >= 4 is 0 Å². The lowest BCUT2D eigenvalue weighted by Gasteiger charge is -2.35. The summed E-state index contributed by atoms with van der Waals surface area (Å²) in [5.74, 6) is 0. The van der Waals surface area contributed by atoms with E-state index >= 15 is 0 Å². The van der Waals surface area contributed by atoms with E-state index in [1.807, 2.05) is 0 Å². The summed E-state index contributed by atoms with van der Waals surface area (Å²) in [5, 5.41) is 0. The van der Waals surface area contributed by atoms with E-state index in [0.717, 1.165) is 12.8 Å². The number of hydrogen-bond acceptors (Lipinski definition) is 0. The van der Waals surface area contributed by atoms with Crippen LogP contribution in [0.15, 0.2) is 109 Å². The molecule has 0 heteroatoms. The van der Waals surface area contributed by atoms with Gasteiger partial charge >= 0.3 is 0 Å². The first kappa shape index (κ1) is 38.6. The second-order valence-electron chi connectivity index (χ2n) is 16.8. The summed E-state index contributed by atoms with van der Waals surface area (Å²) in [6.45, 7) is 18.1. The first-order chi connectivity index (χ1) is 26.6. The molecule has 0 heterocycles. The highest BCUT2D eigenvalue weighted by molar-refractivity contribution is 5.91. The Labute approximate surface area is 333 Å². The predicted molar refractivity (Wildman–Crippen MR) is 239 cm³/mol. The third-order valence-electron chi connectivity index (χ3n) is 12.5. The molecule has 0 aliphatic heterocycles. The molecule has 7 rings (SSSR count). The van der Waals surface area contributed by atoms with Gasteiger partial charge in [-0.05, 0) is 168 Å². The van der Waals surface area contributed by atoms with Gasteiger partial charge in [0.25, 0.3) is 0 Å². The summed E-state index contributed by atoms with van der Waals surface area (Å²) in [5.41, 5.74) is 23.9. The van der Waals surface area contributed by atoms with Gasteiger partial charge in [-0.3, -0.25) is 0 Å². The van der Waals surface area contributed by atoms with E-state index < -0.39 is 5.41 Å². The van der Waals surface area contributed by atoms with Crippen LogP contribution in [0.4, 0.5) is 0 Å². The molecule has 1 aliphatic rings. The molecule has 0 saturated heterocycles. The van der Waals surface area contributed by atoms with Crippen LogP contribution < -0.4 is 0 Å². The van der Waals surface area contributed by atoms with E-state index in [2.05, 4.69) is 165 Å². The van der Waals surface area contributed by atoms with Crippen molar-refractivity contribution in [1.29, 1.82) is 0 Å². The van der Waals surface area contributed by atoms with Crippen LogP contribution in [-0.4, -0.2) is 0 Å². The smallest absolute Gasteiger partial charge is 0.0654 e. The molecular formula is C55H62. The SMILES string of the molecule is CCCCCCc1ccc(C2(c3ccc(CCCCCC)cc3)c3cc(-c4c(C)cc(C)cc4C)ccc3-c3ccc(-c4c(C)cc(C)cc4C)cc32)cc1. The Morgan fingerprint density at radius 2 is 0.745 bits per heavy atom. The van der Waals surface area contributed by atoms with Gasteiger partial charge in [0.2, 0.25) is 0 Å². The van der Waals surface area contributed by atoms with E-state index in [0.29, 0.717) is 0 Å². The van der Waals surface area contributed by atoms with Crippen molar-refractivity contribution in [3.05, 3.63) is 176 Å². The quantitative estimate of drug-likeness (QED) is 0.0981. The van der Waals surface area contributed by atoms with E-state index in [4.69, 9.17) is 0 Å². The second kappa shape index (κ2) is 16.6. The van der Waals surface area contributed by atoms with Crippen LogP contribution in [0.5, 0.6) is 0 Å². The summed E-state index contributed by atoms with van der Waals surface area (Å²) < 4.78 is 0. The Morgan fingerprint density at radius 3 is 1.09 bits per heavy atom. The van der Waals surface area contributed by atoms with Gasteiger partial charge < -0.3 is 0 Å². The molecule has 0 N–H and O–H groups in total. The van der Waals surface area contributed by atoms with Gasteiger partial charge in [0.05, 0.1) is 5.41 Å². The number of aryl methyl sites for hydroxylation is 8. The predicted octanol–water partition coefficient (Wildman–Crippen LogP) is 15.5. The summed E-state index contributed by atoms with van der Waals surface area (Å²) in [6, 6.07) is 43.7. The summed E-state index contributed by atoms with van der Waals surface area (Å²) >= 11 is 0. The van der Waals surface area contributed by atoms with Gasteiger partial charge in [0.1, 0.15) is 0 Å². The van der Waals surface area contributed by atoms with Gasteiger partial charge in [0, 0.05) is 0 Å². The van der Waals surface area contributed by atoms with Gasteiger partial charge in [0.15, 0.2) is 0 Å². The maximum absolute atomic E-state index is 2.55. The molecule has 0 aromatic heterocycles. The van der Waals surface area contributed by atoms with E-state index in [1.165, 1.54) is 152 Å². The fourth-order valence-corrected chi connectivity index (χ4v) is 10.0. The van der Waals surface area contributed by atoms with E-state index in [-0.39, 0.29) is 0 Å². The zero-order valence-electron chi connectivity index (χ0n) is 35.0. The Bertz CT molecular complexity index is 2070. The van der Waals surface area contributed by atoms with Gasteiger partial charge in [-0.1, -0.05) is 161 Å². The highest BCUT2D eigenvalue weighted by atomic mass is 14.5. The summed E-state index contributed by atoms with van der Waals surface area (Å²) in [6.07, 6.45) is 12.5. The molecule has 0 fully saturated rings. The van der Waals surface area contributed by atoms with Crippen molar-refractivity contribution in [2.75, 3.05) is 0 Å². The van der Waals surface area contributed by atoms with E-state index in [9.17, 15) is 0 Å². The third-order valence-corrected chi connectivity index (χ3v) is 12.5. The third kappa shape index (κ3) is 7.50. The van der Waals surface area contributed by atoms with Crippen LogP contribution in [0, 0.1) is 41.5 Å². The Morgan fingerprint density at radius 1 is 0.382 bits per heavy atom. The Kier molecular flexibility index (Phi) is 11.6. The van der Waals surface area contributed by atoms with Crippen LogP contribution in [0.25, 0.3) is 33.4 Å². The largest absolute Gasteiger partial charge is 0.0714 e. The molecule has 0 unspecified atom stereocenters. The summed E-state index contributed by atoms with van der Waals surface area (Å²) in [4.78, 5) is 0. The van der Waals surface area contributed by atoms with Crippen molar-refractivity contribution in [1.82, 2.24) is 0 Å². The number of hydrogen-bond donors (Lipinski definition) is 0. The number of fused-ring (bicyclic) bond motifs is 3. The topological polar surface area (TPSA) is 0 Å². The molecular weight excluding hydrogens is 661 g/mol. The molecule has 0 amide bonds. The number of benzene rings is 6. The minimum atomic E-state index is -0.475. The second-order valence-corrected chi connectivity index (χ2v) is 16.8. The van der Waals surface area contributed by atoms with Crippen molar-refractivity contribution in [2.24, 2.45) is 0 Å². The molecule has 0 atom stereocenters. The zero-order chi connectivity index (χ0) is 38.7. The zero-order valence-corrected chi connectivity index (χ0v) is 35.0. The van der Waals surface area contributed by atoms with Crippen molar-refractivity contribution in [2.45, 2.75) is 125 Å². The molecule has 0 nitrogen and oxygen atoms in total. The van der Waals surface area contributed by atoms with Gasteiger partial charge in [-0.2, -0.15) is 0 Å². The Hall–Kier alpha value is -4.68. The molecule has 0 bridgehead atoms. The monoisotopic (exact) mass is 722 g/mol. The fourth-order valence-electron chi connectivity index (χ4n) is 10.0. The molecule has 1 aliphatic carbocycles. The first-order valence-electron chi connectivity index (χ1n) is 21.3. The van der Waals surface area contributed by atoms with Crippen molar-refractivity contribution in [3.8, 4) is 33.4 Å². The lowest BCUT2D eigenvalue weighted by molar-refractivity contribution is 0.666. The van der Waals surface area contributed by atoms with Crippen LogP contribution in [0.1, 0.15) is 132 Å². The standard InChI is InChI=1S/C55H62/c1-9-11-13-15-17-43-19-25-47(26-20-43)55(48-27-21-44(22-28-48)18-16-14-12-10-2)51-35-45(53-39(5)31-37(3)32-40(53)6)23-29-49(51)50-30-24-46(36-52(50)55)54-41(7)33-38(4)34-42(54)8/h19-36H,9-18H2,1-8H3. The number of unbranched alkanes of at least 4 members (excludes halogenated alkanes) is 6. The van der Waals surface area contributed by atoms with Crippen LogP contribution >= 0.6 is 0 Å². The maximum Gasteiger partial charge on any atom is 0.0714 e. The summed E-state index contributed by atoms with van der Waals surface area (Å²) in [7, 11) is 0. The highest BCUT2D eigenvalue weighted by Crippen LogP contribution is 2.58. The minimum absolute atomic E-state index is 0.475. The van der Waals surface area contributed by atoms with Crippen molar-refractivity contribution < 1.29 is 0 Å². The number of rotatable bonds is 14. The minimum Gasteiger partial charge on any atom is -0.0654 e. The molecule has 6 aromatic rings. The van der Waals surface area contributed by atoms with Gasteiger partial charge in [-0.25, -0.2) is 0 Å². The molecule has 0 saturated carbocycles. The first-order valence-corrected chi connectivity index (χ1v) is 21.3. The van der Waals surface area contributed by atoms with Crippen LogP contribution in [-0.2, 0) is 18.3 Å². The molecule has 0 radical (unpaired) electrons.